The van der Waals surface area contributed by atoms with E-state index < -0.39 is 0 Å². The molecule has 0 spiro atoms. The Bertz CT molecular complexity index is 683. The third-order valence-electron chi connectivity index (χ3n) is 3.36. The predicted molar refractivity (Wildman–Crippen MR) is 84.5 cm³/mol. The Labute approximate surface area is 129 Å². The van der Waals surface area contributed by atoms with Crippen LogP contribution in [0.15, 0.2) is 35.1 Å². The van der Waals surface area contributed by atoms with Crippen LogP contribution in [0.5, 0.6) is 5.75 Å². The van der Waals surface area contributed by atoms with Crippen LogP contribution >= 0.6 is 0 Å². The van der Waals surface area contributed by atoms with E-state index in [1.807, 2.05) is 31.2 Å². The van der Waals surface area contributed by atoms with E-state index in [0.29, 0.717) is 25.4 Å². The molecule has 0 saturated heterocycles. The molecule has 118 valence electrons. The van der Waals surface area contributed by atoms with Crippen LogP contribution in [0.1, 0.15) is 18.2 Å². The highest BCUT2D eigenvalue weighted by atomic mass is 16.5. The van der Waals surface area contributed by atoms with Crippen LogP contribution in [-0.2, 0) is 17.7 Å². The van der Waals surface area contributed by atoms with E-state index in [2.05, 4.69) is 10.4 Å². The average Bonchev–Trinajstić information content (AvgIpc) is 2.53. The number of rotatable bonds is 7. The molecule has 0 aliphatic heterocycles. The van der Waals surface area contributed by atoms with Crippen LogP contribution in [0, 0.1) is 0 Å². The minimum atomic E-state index is -0.348. The topological polar surface area (TPSA) is 76.4 Å². The fraction of sp³-hybridized carbons (Fsp3) is 0.375. The predicted octanol–water partition coefficient (Wildman–Crippen LogP) is 1.24. The van der Waals surface area contributed by atoms with Gasteiger partial charge >= 0.3 is 0 Å². The zero-order valence-electron chi connectivity index (χ0n) is 12.9. The van der Waals surface area contributed by atoms with Gasteiger partial charge in [-0.1, -0.05) is 25.1 Å². The summed E-state index contributed by atoms with van der Waals surface area (Å²) in [6.07, 6.45) is 0.798. The maximum atomic E-state index is 12.1. The molecule has 2 rings (SSSR count). The largest absolute Gasteiger partial charge is 0.506 e. The molecule has 0 fully saturated rings. The van der Waals surface area contributed by atoms with Crippen molar-refractivity contribution in [3.8, 4) is 11.4 Å². The molecule has 0 aliphatic carbocycles. The fourth-order valence-electron chi connectivity index (χ4n) is 2.18. The summed E-state index contributed by atoms with van der Waals surface area (Å²) < 4.78 is 6.29. The lowest BCUT2D eigenvalue weighted by molar-refractivity contribution is 0.199. The van der Waals surface area contributed by atoms with Gasteiger partial charge in [0.15, 0.2) is 0 Å². The second kappa shape index (κ2) is 7.72. The van der Waals surface area contributed by atoms with E-state index in [0.717, 1.165) is 17.7 Å². The number of ether oxygens (including phenoxy) is 1. The second-order valence-corrected chi connectivity index (χ2v) is 4.88. The SMILES string of the molecule is CCc1ccccc1-n1nc(CNCCOC)c(O)cc1=O. The highest BCUT2D eigenvalue weighted by molar-refractivity contribution is 5.41. The summed E-state index contributed by atoms with van der Waals surface area (Å²) in [5.74, 6) is -0.0971. The van der Waals surface area contributed by atoms with Crippen molar-refractivity contribution in [3.05, 3.63) is 51.9 Å². The second-order valence-electron chi connectivity index (χ2n) is 4.88. The summed E-state index contributed by atoms with van der Waals surface area (Å²) in [6, 6.07) is 8.82. The summed E-state index contributed by atoms with van der Waals surface area (Å²) in [5.41, 5.74) is 1.86. The number of nitrogens with zero attached hydrogens (tertiary/aromatic N) is 2. The molecule has 0 aliphatic rings. The molecular formula is C16H21N3O3. The van der Waals surface area contributed by atoms with Crippen molar-refractivity contribution >= 4 is 0 Å². The Morgan fingerprint density at radius 2 is 2.14 bits per heavy atom. The van der Waals surface area contributed by atoms with Crippen molar-refractivity contribution < 1.29 is 9.84 Å². The average molecular weight is 303 g/mol. The molecule has 0 saturated carbocycles. The van der Waals surface area contributed by atoms with E-state index in [9.17, 15) is 9.90 Å². The van der Waals surface area contributed by atoms with Crippen LogP contribution in [-0.4, -0.2) is 35.1 Å². The highest BCUT2D eigenvalue weighted by Crippen LogP contribution is 2.15. The van der Waals surface area contributed by atoms with Crippen LogP contribution < -0.4 is 10.9 Å². The van der Waals surface area contributed by atoms with Gasteiger partial charge in [-0.2, -0.15) is 9.78 Å². The van der Waals surface area contributed by atoms with Crippen molar-refractivity contribution in [3.63, 3.8) is 0 Å². The van der Waals surface area contributed by atoms with E-state index in [-0.39, 0.29) is 11.3 Å². The molecule has 0 radical (unpaired) electrons. The number of aromatic hydroxyl groups is 1. The molecule has 1 aromatic carbocycles. The molecule has 2 aromatic rings. The van der Waals surface area contributed by atoms with Crippen molar-refractivity contribution in [2.45, 2.75) is 19.9 Å². The lowest BCUT2D eigenvalue weighted by Gasteiger charge is -2.12. The molecule has 1 aromatic heterocycles. The summed E-state index contributed by atoms with van der Waals surface area (Å²) in [4.78, 5) is 12.1. The Balaban J connectivity index is 2.34. The van der Waals surface area contributed by atoms with Gasteiger partial charge in [-0.25, -0.2) is 0 Å². The number of nitrogens with one attached hydrogen (secondary N) is 1. The molecular weight excluding hydrogens is 282 g/mol. The van der Waals surface area contributed by atoms with Crippen molar-refractivity contribution in [2.24, 2.45) is 0 Å². The first-order valence-corrected chi connectivity index (χ1v) is 7.27. The maximum Gasteiger partial charge on any atom is 0.275 e. The van der Waals surface area contributed by atoms with E-state index in [1.54, 1.807) is 7.11 Å². The molecule has 1 heterocycles. The summed E-state index contributed by atoms with van der Waals surface area (Å²) in [5, 5.41) is 17.3. The Kier molecular flexibility index (Phi) is 5.68. The zero-order valence-corrected chi connectivity index (χ0v) is 12.9. The lowest BCUT2D eigenvalue weighted by Crippen LogP contribution is -2.25. The first-order chi connectivity index (χ1) is 10.7. The lowest BCUT2D eigenvalue weighted by atomic mass is 10.1. The molecule has 0 amide bonds. The van der Waals surface area contributed by atoms with E-state index >= 15 is 0 Å². The van der Waals surface area contributed by atoms with Gasteiger partial charge in [-0.3, -0.25) is 4.79 Å². The quantitative estimate of drug-likeness (QED) is 0.753. The standard InChI is InChI=1S/C16H21N3O3/c1-3-12-6-4-5-7-14(12)19-16(21)10-15(20)13(18-19)11-17-8-9-22-2/h4-7,10,17,20H,3,8-9,11H2,1-2H3. The Morgan fingerprint density at radius 3 is 2.86 bits per heavy atom. The first-order valence-electron chi connectivity index (χ1n) is 7.27. The van der Waals surface area contributed by atoms with Gasteiger partial charge in [0.1, 0.15) is 11.4 Å². The minimum Gasteiger partial charge on any atom is -0.506 e. The number of aryl methyl sites for hydroxylation is 1. The fourth-order valence-corrected chi connectivity index (χ4v) is 2.18. The molecule has 6 nitrogen and oxygen atoms in total. The van der Waals surface area contributed by atoms with E-state index in [4.69, 9.17) is 4.74 Å². The molecule has 0 atom stereocenters. The first kappa shape index (κ1) is 16.2. The molecule has 22 heavy (non-hydrogen) atoms. The number of para-hydroxylation sites is 1. The van der Waals surface area contributed by atoms with Gasteiger partial charge in [0, 0.05) is 26.3 Å². The summed E-state index contributed by atoms with van der Waals surface area (Å²) >= 11 is 0. The van der Waals surface area contributed by atoms with Crippen LogP contribution in [0.2, 0.25) is 0 Å². The Hall–Kier alpha value is -2.18. The van der Waals surface area contributed by atoms with Gasteiger partial charge in [0.2, 0.25) is 0 Å². The van der Waals surface area contributed by atoms with Gasteiger partial charge in [-0.15, -0.1) is 0 Å². The van der Waals surface area contributed by atoms with Gasteiger partial charge in [-0.05, 0) is 18.1 Å². The van der Waals surface area contributed by atoms with Gasteiger partial charge in [0.05, 0.1) is 12.3 Å². The summed E-state index contributed by atoms with van der Waals surface area (Å²) in [6.45, 7) is 3.60. The van der Waals surface area contributed by atoms with Crippen LogP contribution in [0.3, 0.4) is 0 Å². The molecule has 0 bridgehead atoms. The smallest absolute Gasteiger partial charge is 0.275 e. The Morgan fingerprint density at radius 1 is 1.36 bits per heavy atom. The highest BCUT2D eigenvalue weighted by Gasteiger charge is 2.11. The monoisotopic (exact) mass is 303 g/mol. The number of benzene rings is 1. The summed E-state index contributed by atoms with van der Waals surface area (Å²) in [7, 11) is 1.62. The van der Waals surface area contributed by atoms with Crippen LogP contribution in [0.4, 0.5) is 0 Å². The van der Waals surface area contributed by atoms with E-state index in [1.165, 1.54) is 10.7 Å². The third-order valence-corrected chi connectivity index (χ3v) is 3.36. The van der Waals surface area contributed by atoms with Gasteiger partial charge in [0.25, 0.3) is 5.56 Å². The van der Waals surface area contributed by atoms with Crippen molar-refractivity contribution in [2.75, 3.05) is 20.3 Å². The minimum absolute atomic E-state index is 0.0971. The number of aromatic nitrogens is 2. The molecule has 0 unspecified atom stereocenters. The molecule has 6 heteroatoms. The van der Waals surface area contributed by atoms with Gasteiger partial charge < -0.3 is 15.2 Å². The normalized spacial score (nSPS) is 10.8. The van der Waals surface area contributed by atoms with Crippen LogP contribution in [0.25, 0.3) is 5.69 Å². The number of hydrogen-bond donors (Lipinski definition) is 2. The van der Waals surface area contributed by atoms with Crippen molar-refractivity contribution in [1.29, 1.82) is 0 Å². The zero-order chi connectivity index (χ0) is 15.9. The third kappa shape index (κ3) is 3.72. The number of methoxy groups -OCH3 is 1. The number of hydrogen-bond acceptors (Lipinski definition) is 5. The molecule has 2 N–H and O–H groups in total. The maximum absolute atomic E-state index is 12.1. The van der Waals surface area contributed by atoms with Crippen molar-refractivity contribution in [1.82, 2.24) is 15.1 Å².